The van der Waals surface area contributed by atoms with Crippen molar-refractivity contribution in [3.05, 3.63) is 12.4 Å². The Balaban J connectivity index is 0. The van der Waals surface area contributed by atoms with E-state index in [9.17, 15) is 0 Å². The molecule has 2 heteroatoms. The van der Waals surface area contributed by atoms with Crippen LogP contribution < -0.4 is 10.6 Å². The second-order valence-electron chi connectivity index (χ2n) is 3.44. The molecule has 0 aromatic carbocycles. The van der Waals surface area contributed by atoms with Crippen molar-refractivity contribution in [1.82, 2.24) is 10.6 Å². The Morgan fingerprint density at radius 2 is 1.93 bits per heavy atom. The minimum absolute atomic E-state index is 0.0665. The molecule has 15 heavy (non-hydrogen) atoms. The van der Waals surface area contributed by atoms with Crippen molar-refractivity contribution < 1.29 is 0 Å². The first-order valence-electron chi connectivity index (χ1n) is 5.77. The van der Waals surface area contributed by atoms with Crippen LogP contribution in [0.3, 0.4) is 0 Å². The molecule has 0 aromatic rings. The van der Waals surface area contributed by atoms with Gasteiger partial charge in [0.05, 0.1) is 11.9 Å². The Morgan fingerprint density at radius 3 is 2.27 bits per heavy atom. The van der Waals surface area contributed by atoms with Crippen molar-refractivity contribution in [3.8, 4) is 12.3 Å². The molecule has 2 nitrogen and oxygen atoms in total. The molecular formula is C13H26N2. The fourth-order valence-electron chi connectivity index (χ4n) is 0.915. The number of hydrogen-bond donors (Lipinski definition) is 2. The van der Waals surface area contributed by atoms with Crippen molar-refractivity contribution in [3.63, 3.8) is 0 Å². The molecule has 0 aliphatic rings. The van der Waals surface area contributed by atoms with Crippen molar-refractivity contribution in [1.29, 1.82) is 0 Å². The standard InChI is InChI=1S/C11H20N2.C2H6/c1-6-8-12-10(5)13-11(7-2)9(3)4;1-2/h2,9,11-13H,5-6,8H2,1,3-4H3;1-2H3. The Bertz CT molecular complexity index is 189. The van der Waals surface area contributed by atoms with Crippen LogP contribution in [0.15, 0.2) is 12.4 Å². The molecule has 0 bridgehead atoms. The number of rotatable bonds is 6. The van der Waals surface area contributed by atoms with Gasteiger partial charge in [0.1, 0.15) is 0 Å². The van der Waals surface area contributed by atoms with Gasteiger partial charge < -0.3 is 10.6 Å². The highest BCUT2D eigenvalue weighted by molar-refractivity contribution is 5.05. The van der Waals surface area contributed by atoms with Crippen molar-refractivity contribution >= 4 is 0 Å². The van der Waals surface area contributed by atoms with E-state index in [1.165, 1.54) is 0 Å². The van der Waals surface area contributed by atoms with E-state index < -0.39 is 0 Å². The molecule has 0 aliphatic heterocycles. The summed E-state index contributed by atoms with van der Waals surface area (Å²) in [5, 5.41) is 6.31. The highest BCUT2D eigenvalue weighted by atomic mass is 15.1. The monoisotopic (exact) mass is 210 g/mol. The van der Waals surface area contributed by atoms with E-state index >= 15 is 0 Å². The summed E-state index contributed by atoms with van der Waals surface area (Å²) in [6, 6.07) is 0.0665. The van der Waals surface area contributed by atoms with E-state index in [2.05, 4.69) is 43.9 Å². The lowest BCUT2D eigenvalue weighted by Gasteiger charge is -2.20. The molecule has 0 heterocycles. The number of hydrogen-bond acceptors (Lipinski definition) is 2. The third-order valence-electron chi connectivity index (χ3n) is 1.76. The van der Waals surface area contributed by atoms with E-state index in [1.807, 2.05) is 13.8 Å². The van der Waals surface area contributed by atoms with Crippen LogP contribution in [-0.4, -0.2) is 12.6 Å². The van der Waals surface area contributed by atoms with Gasteiger partial charge in [-0.1, -0.05) is 47.1 Å². The average Bonchev–Trinajstić information content (AvgIpc) is 2.25. The van der Waals surface area contributed by atoms with E-state index in [0.717, 1.165) is 18.8 Å². The van der Waals surface area contributed by atoms with Gasteiger partial charge in [-0.3, -0.25) is 0 Å². The minimum Gasteiger partial charge on any atom is -0.372 e. The SMILES string of the molecule is C#CC(NC(=C)NCCC)C(C)C.CC. The summed E-state index contributed by atoms with van der Waals surface area (Å²) in [5.74, 6) is 3.94. The molecule has 0 aromatic heterocycles. The molecule has 2 N–H and O–H groups in total. The topological polar surface area (TPSA) is 24.1 Å². The van der Waals surface area contributed by atoms with Crippen molar-refractivity contribution in [2.45, 2.75) is 47.1 Å². The zero-order valence-electron chi connectivity index (χ0n) is 10.9. The van der Waals surface area contributed by atoms with Crippen molar-refractivity contribution in [2.75, 3.05) is 6.54 Å². The predicted octanol–water partition coefficient (Wildman–Crippen LogP) is 2.73. The highest BCUT2D eigenvalue weighted by Gasteiger charge is 2.08. The summed E-state index contributed by atoms with van der Waals surface area (Å²) < 4.78 is 0. The Labute approximate surface area is 95.5 Å². The van der Waals surface area contributed by atoms with Crippen LogP contribution in [-0.2, 0) is 0 Å². The Kier molecular flexibility index (Phi) is 12.0. The summed E-state index contributed by atoms with van der Waals surface area (Å²) in [7, 11) is 0. The summed E-state index contributed by atoms with van der Waals surface area (Å²) in [6.07, 6.45) is 6.46. The van der Waals surface area contributed by atoms with Gasteiger partial charge in [0.15, 0.2) is 0 Å². The molecule has 0 saturated heterocycles. The largest absolute Gasteiger partial charge is 0.372 e. The van der Waals surface area contributed by atoms with Gasteiger partial charge in [-0.25, -0.2) is 0 Å². The maximum Gasteiger partial charge on any atom is 0.0922 e. The summed E-state index contributed by atoms with van der Waals surface area (Å²) in [4.78, 5) is 0. The lowest BCUT2D eigenvalue weighted by Crippen LogP contribution is -2.36. The fourth-order valence-corrected chi connectivity index (χ4v) is 0.915. The van der Waals surface area contributed by atoms with Gasteiger partial charge in [0, 0.05) is 6.54 Å². The van der Waals surface area contributed by atoms with Gasteiger partial charge in [0.2, 0.25) is 0 Å². The zero-order chi connectivity index (χ0) is 12.3. The maximum atomic E-state index is 5.37. The molecule has 0 spiro atoms. The van der Waals surface area contributed by atoms with E-state index in [1.54, 1.807) is 0 Å². The van der Waals surface area contributed by atoms with Crippen LogP contribution >= 0.6 is 0 Å². The third-order valence-corrected chi connectivity index (χ3v) is 1.76. The lowest BCUT2D eigenvalue weighted by atomic mass is 10.1. The third kappa shape index (κ3) is 9.21. The molecular weight excluding hydrogens is 184 g/mol. The number of terminal acetylenes is 1. The summed E-state index contributed by atoms with van der Waals surface area (Å²) in [6.45, 7) is 15.1. The summed E-state index contributed by atoms with van der Waals surface area (Å²) in [5.41, 5.74) is 0. The predicted molar refractivity (Wildman–Crippen MR) is 69.4 cm³/mol. The zero-order valence-corrected chi connectivity index (χ0v) is 10.9. The quantitative estimate of drug-likeness (QED) is 0.659. The Hall–Kier alpha value is -1.10. The van der Waals surface area contributed by atoms with Crippen LogP contribution in [0.1, 0.15) is 41.0 Å². The molecule has 0 amide bonds. The van der Waals surface area contributed by atoms with Crippen LogP contribution in [0.2, 0.25) is 0 Å². The molecule has 1 atom stereocenters. The highest BCUT2D eigenvalue weighted by Crippen LogP contribution is 2.00. The summed E-state index contributed by atoms with van der Waals surface area (Å²) >= 11 is 0. The first-order chi connectivity index (χ1) is 7.11. The first-order valence-corrected chi connectivity index (χ1v) is 5.77. The average molecular weight is 210 g/mol. The smallest absolute Gasteiger partial charge is 0.0922 e. The number of nitrogens with one attached hydrogen (secondary N) is 2. The van der Waals surface area contributed by atoms with Gasteiger partial charge in [-0.05, 0) is 12.3 Å². The molecule has 0 saturated carbocycles. The van der Waals surface area contributed by atoms with Gasteiger partial charge in [-0.15, -0.1) is 6.42 Å². The molecule has 1 unspecified atom stereocenters. The molecule has 0 aliphatic carbocycles. The van der Waals surface area contributed by atoms with Crippen LogP contribution in [0, 0.1) is 18.3 Å². The Morgan fingerprint density at radius 1 is 1.40 bits per heavy atom. The second kappa shape index (κ2) is 11.0. The van der Waals surface area contributed by atoms with Crippen LogP contribution in [0.25, 0.3) is 0 Å². The molecule has 0 radical (unpaired) electrons. The normalized spacial score (nSPS) is 10.7. The molecule has 0 rings (SSSR count). The molecule has 0 fully saturated rings. The second-order valence-corrected chi connectivity index (χ2v) is 3.44. The van der Waals surface area contributed by atoms with E-state index in [0.29, 0.717) is 5.92 Å². The first kappa shape index (κ1) is 16.3. The van der Waals surface area contributed by atoms with E-state index in [4.69, 9.17) is 6.42 Å². The fraction of sp³-hybridized carbons (Fsp3) is 0.692. The van der Waals surface area contributed by atoms with Gasteiger partial charge >= 0.3 is 0 Å². The maximum absolute atomic E-state index is 5.37. The van der Waals surface area contributed by atoms with Gasteiger partial charge in [-0.2, -0.15) is 0 Å². The van der Waals surface area contributed by atoms with Crippen LogP contribution in [0.5, 0.6) is 0 Å². The minimum atomic E-state index is 0.0665. The van der Waals surface area contributed by atoms with Crippen molar-refractivity contribution in [2.24, 2.45) is 5.92 Å². The lowest BCUT2D eigenvalue weighted by molar-refractivity contribution is 0.497. The van der Waals surface area contributed by atoms with Crippen LogP contribution in [0.4, 0.5) is 0 Å². The van der Waals surface area contributed by atoms with E-state index in [-0.39, 0.29) is 6.04 Å². The van der Waals surface area contributed by atoms with Gasteiger partial charge in [0.25, 0.3) is 0 Å². The molecule has 88 valence electrons.